The van der Waals surface area contributed by atoms with Gasteiger partial charge in [0.05, 0.1) is 24.3 Å². The van der Waals surface area contributed by atoms with Gasteiger partial charge in [0.1, 0.15) is 17.3 Å². The third kappa shape index (κ3) is 6.44. The van der Waals surface area contributed by atoms with Crippen molar-refractivity contribution >= 4 is 17.4 Å². The highest BCUT2D eigenvalue weighted by molar-refractivity contribution is 6.46. The first-order chi connectivity index (χ1) is 16.7. The molecule has 1 heterocycles. The number of unbranched alkanes of at least 4 members (excludes halogenated alkanes) is 2. The third-order valence-corrected chi connectivity index (χ3v) is 5.78. The Labute approximate surface area is 208 Å². The summed E-state index contributed by atoms with van der Waals surface area (Å²) in [5.41, 5.74) is 1.26. The molecule has 0 spiro atoms. The molecule has 6 heteroatoms. The fourth-order valence-corrected chi connectivity index (χ4v) is 4.17. The second-order valence-electron chi connectivity index (χ2n) is 9.67. The molecule has 0 bridgehead atoms. The van der Waals surface area contributed by atoms with Crippen molar-refractivity contribution in [3.63, 3.8) is 0 Å². The quantitative estimate of drug-likeness (QED) is 0.182. The summed E-state index contributed by atoms with van der Waals surface area (Å²) in [4.78, 5) is 27.9. The maximum Gasteiger partial charge on any atom is 0.295 e. The summed E-state index contributed by atoms with van der Waals surface area (Å²) in [6.07, 6.45) is 2.70. The van der Waals surface area contributed by atoms with Gasteiger partial charge in [-0.05, 0) is 56.0 Å². The minimum atomic E-state index is -0.692. The van der Waals surface area contributed by atoms with Crippen LogP contribution in [0.1, 0.15) is 71.0 Å². The van der Waals surface area contributed by atoms with E-state index in [-0.39, 0.29) is 17.4 Å². The summed E-state index contributed by atoms with van der Waals surface area (Å²) in [5, 5.41) is 11.3. The number of hydrogen-bond donors (Lipinski definition) is 1. The van der Waals surface area contributed by atoms with Crippen molar-refractivity contribution < 1.29 is 24.2 Å². The van der Waals surface area contributed by atoms with Crippen LogP contribution in [0.25, 0.3) is 5.76 Å². The molecule has 0 aromatic heterocycles. The van der Waals surface area contributed by atoms with E-state index < -0.39 is 17.7 Å². The maximum atomic E-state index is 13.2. The summed E-state index contributed by atoms with van der Waals surface area (Å²) >= 11 is 0. The molecule has 1 saturated heterocycles. The molecule has 35 heavy (non-hydrogen) atoms. The predicted molar refractivity (Wildman–Crippen MR) is 138 cm³/mol. The van der Waals surface area contributed by atoms with Gasteiger partial charge < -0.3 is 19.5 Å². The normalized spacial score (nSPS) is 17.5. The highest BCUT2D eigenvalue weighted by Gasteiger charge is 2.45. The number of nitrogens with zero attached hydrogens (tertiary/aromatic N) is 1. The Hall–Kier alpha value is -3.28. The monoisotopic (exact) mass is 479 g/mol. The van der Waals surface area contributed by atoms with E-state index in [0.29, 0.717) is 36.1 Å². The molecule has 0 radical (unpaired) electrons. The average Bonchev–Trinajstić information content (AvgIpc) is 3.07. The Kier molecular flexibility index (Phi) is 8.96. The molecule has 1 fully saturated rings. The number of ether oxygens (including phenoxy) is 2. The highest BCUT2D eigenvalue weighted by Crippen LogP contribution is 2.40. The van der Waals surface area contributed by atoms with E-state index in [4.69, 9.17) is 9.47 Å². The molecule has 1 aliphatic heterocycles. The number of carbonyl (C=O) groups is 2. The largest absolute Gasteiger partial charge is 0.507 e. The van der Waals surface area contributed by atoms with Crippen LogP contribution in [0.15, 0.2) is 54.1 Å². The van der Waals surface area contributed by atoms with Crippen LogP contribution in [0.3, 0.4) is 0 Å². The van der Waals surface area contributed by atoms with E-state index in [2.05, 4.69) is 20.8 Å². The number of aliphatic hydroxyl groups excluding tert-OH is 1. The van der Waals surface area contributed by atoms with E-state index in [1.165, 1.54) is 0 Å². The summed E-state index contributed by atoms with van der Waals surface area (Å²) < 4.78 is 11.7. The lowest BCUT2D eigenvalue weighted by Gasteiger charge is -2.26. The second-order valence-corrected chi connectivity index (χ2v) is 9.67. The first-order valence-electron chi connectivity index (χ1n) is 12.5. The minimum Gasteiger partial charge on any atom is -0.507 e. The van der Waals surface area contributed by atoms with Gasteiger partial charge >= 0.3 is 0 Å². The molecule has 1 amide bonds. The zero-order valence-corrected chi connectivity index (χ0v) is 21.4. The number of carbonyl (C=O) groups excluding carboxylic acids is 2. The molecule has 1 atom stereocenters. The first kappa shape index (κ1) is 26.3. The van der Waals surface area contributed by atoms with Crippen molar-refractivity contribution in [2.75, 3.05) is 13.2 Å². The van der Waals surface area contributed by atoms with E-state index in [9.17, 15) is 14.7 Å². The molecular formula is C29H37NO5. The van der Waals surface area contributed by atoms with Crippen molar-refractivity contribution in [3.05, 3.63) is 65.2 Å². The van der Waals surface area contributed by atoms with Gasteiger partial charge in [-0.1, -0.05) is 57.9 Å². The smallest absolute Gasteiger partial charge is 0.295 e. The van der Waals surface area contributed by atoms with E-state index in [1.807, 2.05) is 44.2 Å². The topological polar surface area (TPSA) is 76.1 Å². The van der Waals surface area contributed by atoms with Crippen molar-refractivity contribution in [2.24, 2.45) is 5.92 Å². The fourth-order valence-electron chi connectivity index (χ4n) is 4.17. The number of Topliss-reactive ketones (excluding diaryl/α,β-unsaturated/α-hetero) is 1. The van der Waals surface area contributed by atoms with Crippen molar-refractivity contribution in [1.29, 1.82) is 0 Å². The first-order valence-corrected chi connectivity index (χ1v) is 12.5. The Morgan fingerprint density at radius 2 is 1.71 bits per heavy atom. The van der Waals surface area contributed by atoms with Gasteiger partial charge in [-0.2, -0.15) is 0 Å². The van der Waals surface area contributed by atoms with Crippen LogP contribution in [-0.4, -0.2) is 41.0 Å². The molecule has 2 aromatic carbocycles. The zero-order chi connectivity index (χ0) is 25.5. The van der Waals surface area contributed by atoms with Gasteiger partial charge in [0.15, 0.2) is 0 Å². The number of hydrogen-bond acceptors (Lipinski definition) is 5. The SMILES string of the molecule is CCCCCN1C(=O)C(=O)/C(=C(\O)c2cccc(OCC(C)C)c2)C1c1cccc(OC(C)C)c1. The van der Waals surface area contributed by atoms with Crippen LogP contribution < -0.4 is 9.47 Å². The number of amides is 1. The van der Waals surface area contributed by atoms with Gasteiger partial charge in [-0.3, -0.25) is 9.59 Å². The lowest BCUT2D eigenvalue weighted by Crippen LogP contribution is -2.30. The maximum absolute atomic E-state index is 13.2. The molecule has 188 valence electrons. The van der Waals surface area contributed by atoms with Gasteiger partial charge in [0.2, 0.25) is 0 Å². The van der Waals surface area contributed by atoms with E-state index >= 15 is 0 Å². The fraction of sp³-hybridized carbons (Fsp3) is 0.448. The number of aliphatic hydroxyl groups is 1. The third-order valence-electron chi connectivity index (χ3n) is 5.78. The summed E-state index contributed by atoms with van der Waals surface area (Å²) in [5.74, 6) is 0.143. The number of rotatable bonds is 11. The predicted octanol–water partition coefficient (Wildman–Crippen LogP) is 6.12. The van der Waals surface area contributed by atoms with Crippen molar-refractivity contribution in [2.45, 2.75) is 66.0 Å². The Balaban J connectivity index is 2.08. The van der Waals surface area contributed by atoms with E-state index in [0.717, 1.165) is 24.8 Å². The average molecular weight is 480 g/mol. The molecular weight excluding hydrogens is 442 g/mol. The number of benzene rings is 2. The van der Waals surface area contributed by atoms with Crippen LogP contribution in [0, 0.1) is 5.92 Å². The Morgan fingerprint density at radius 3 is 2.40 bits per heavy atom. The molecule has 1 N–H and O–H groups in total. The summed E-state index contributed by atoms with van der Waals surface area (Å²) in [6, 6.07) is 13.7. The minimum absolute atomic E-state index is 0.0188. The molecule has 6 nitrogen and oxygen atoms in total. The molecule has 1 aliphatic rings. The molecule has 2 aromatic rings. The number of likely N-dealkylation sites (tertiary alicyclic amines) is 1. The van der Waals surface area contributed by atoms with Crippen molar-refractivity contribution in [3.8, 4) is 11.5 Å². The molecule has 0 aliphatic carbocycles. The lowest BCUT2D eigenvalue weighted by molar-refractivity contribution is -0.139. The van der Waals surface area contributed by atoms with Crippen LogP contribution in [-0.2, 0) is 9.59 Å². The molecule has 0 saturated carbocycles. The van der Waals surface area contributed by atoms with Gasteiger partial charge in [-0.15, -0.1) is 0 Å². The van der Waals surface area contributed by atoms with Gasteiger partial charge in [0, 0.05) is 12.1 Å². The number of ketones is 1. The molecule has 3 rings (SSSR count). The van der Waals surface area contributed by atoms with Crippen LogP contribution in [0.4, 0.5) is 0 Å². The zero-order valence-electron chi connectivity index (χ0n) is 21.4. The summed E-state index contributed by atoms with van der Waals surface area (Å²) in [7, 11) is 0. The highest BCUT2D eigenvalue weighted by atomic mass is 16.5. The summed E-state index contributed by atoms with van der Waals surface area (Å²) in [6.45, 7) is 11.1. The van der Waals surface area contributed by atoms with Gasteiger partial charge in [-0.25, -0.2) is 0 Å². The molecule has 1 unspecified atom stereocenters. The Morgan fingerprint density at radius 1 is 1.00 bits per heavy atom. The van der Waals surface area contributed by atoms with Crippen LogP contribution in [0.5, 0.6) is 11.5 Å². The second kappa shape index (κ2) is 11.9. The van der Waals surface area contributed by atoms with Crippen molar-refractivity contribution in [1.82, 2.24) is 4.90 Å². The van der Waals surface area contributed by atoms with E-state index in [1.54, 1.807) is 23.1 Å². The van der Waals surface area contributed by atoms with Crippen LogP contribution in [0.2, 0.25) is 0 Å². The standard InChI is InChI=1S/C29H37NO5/c1-6-7-8-15-30-26(21-11-9-14-24(16-21)35-20(4)5)25(28(32)29(30)33)27(31)22-12-10-13-23(17-22)34-18-19(2)3/h9-14,16-17,19-20,26,31H,6-8,15,18H2,1-5H3/b27-25-. The Bertz CT molecular complexity index is 1070. The van der Waals surface area contributed by atoms with Gasteiger partial charge in [0.25, 0.3) is 11.7 Å². The lowest BCUT2D eigenvalue weighted by atomic mass is 9.95. The van der Waals surface area contributed by atoms with Crippen LogP contribution >= 0.6 is 0 Å².